The zero-order valence-electron chi connectivity index (χ0n) is 15.3. The first-order valence-corrected chi connectivity index (χ1v) is 13.0. The minimum atomic E-state index is -2.38. The lowest BCUT2D eigenvalue weighted by Crippen LogP contribution is -1.93. The Morgan fingerprint density at radius 1 is 0.727 bits per heavy atom. The van der Waals surface area contributed by atoms with Crippen LogP contribution in [0.3, 0.4) is 0 Å². The highest BCUT2D eigenvalue weighted by Crippen LogP contribution is 2.59. The molecule has 0 saturated carbocycles. The van der Waals surface area contributed by atoms with Crippen LogP contribution in [0.1, 0.15) is 97.8 Å². The molecule has 0 fully saturated rings. The van der Waals surface area contributed by atoms with Crippen LogP contribution >= 0.6 is 18.0 Å². The fourth-order valence-electron chi connectivity index (χ4n) is 2.71. The van der Waals surface area contributed by atoms with E-state index in [2.05, 4.69) is 13.8 Å². The van der Waals surface area contributed by atoms with Crippen LogP contribution in [0.15, 0.2) is 0 Å². The summed E-state index contributed by atoms with van der Waals surface area (Å²) in [5.41, 5.74) is 0. The summed E-state index contributed by atoms with van der Waals surface area (Å²) < 4.78 is 17.9. The first-order chi connectivity index (χ1) is 10.7. The molecule has 0 radical (unpaired) electrons. The molecule has 0 spiro atoms. The predicted molar refractivity (Wildman–Crippen MR) is 103 cm³/mol. The quantitative estimate of drug-likeness (QED) is 0.199. The smallest absolute Gasteiger partial charge is 0.257 e. The summed E-state index contributed by atoms with van der Waals surface area (Å²) in [6.07, 6.45) is 16.9. The third-order valence-electron chi connectivity index (χ3n) is 3.94. The van der Waals surface area contributed by atoms with Crippen molar-refractivity contribution in [1.29, 1.82) is 0 Å². The van der Waals surface area contributed by atoms with E-state index < -0.39 is 6.57 Å². The third-order valence-corrected chi connectivity index (χ3v) is 8.92. The van der Waals surface area contributed by atoms with Gasteiger partial charge in [-0.3, -0.25) is 4.57 Å². The molecule has 134 valence electrons. The molecule has 1 atom stereocenters. The van der Waals surface area contributed by atoms with Gasteiger partial charge in [-0.25, -0.2) is 0 Å². The summed E-state index contributed by atoms with van der Waals surface area (Å²) in [5, 5.41) is 0. The summed E-state index contributed by atoms with van der Waals surface area (Å²) in [6.45, 7) is 4.45. The van der Waals surface area contributed by atoms with Crippen molar-refractivity contribution >= 4 is 18.0 Å². The maximum absolute atomic E-state index is 12.4. The van der Waals surface area contributed by atoms with Gasteiger partial charge in [0.15, 0.2) is 0 Å². The molecule has 4 heteroatoms. The predicted octanol–water partition coefficient (Wildman–Crippen LogP) is 7.67. The zero-order valence-corrected chi connectivity index (χ0v) is 17.0. The van der Waals surface area contributed by atoms with E-state index >= 15 is 0 Å². The Kier molecular flexibility index (Phi) is 16.8. The Bertz CT molecular complexity index is 262. The summed E-state index contributed by atoms with van der Waals surface area (Å²) in [6, 6.07) is 0. The molecule has 0 N–H and O–H groups in total. The molecule has 22 heavy (non-hydrogen) atoms. The second kappa shape index (κ2) is 16.4. The van der Waals surface area contributed by atoms with E-state index in [0.29, 0.717) is 6.61 Å². The molecule has 0 aromatic carbocycles. The van der Waals surface area contributed by atoms with Crippen molar-refractivity contribution in [1.82, 2.24) is 0 Å². The molecule has 2 nitrogen and oxygen atoms in total. The Morgan fingerprint density at radius 2 is 1.18 bits per heavy atom. The fourth-order valence-corrected chi connectivity index (χ4v) is 6.93. The topological polar surface area (TPSA) is 26.3 Å². The lowest BCUT2D eigenvalue weighted by Gasteiger charge is -2.15. The van der Waals surface area contributed by atoms with Gasteiger partial charge in [-0.15, -0.1) is 0 Å². The molecule has 1 unspecified atom stereocenters. The Balaban J connectivity index is 3.36. The van der Waals surface area contributed by atoms with E-state index in [1.54, 1.807) is 0 Å². The lowest BCUT2D eigenvalue weighted by molar-refractivity contribution is 0.345. The number of rotatable bonds is 17. The van der Waals surface area contributed by atoms with Gasteiger partial charge >= 0.3 is 0 Å². The second-order valence-corrected chi connectivity index (χ2v) is 11.3. The van der Waals surface area contributed by atoms with Crippen molar-refractivity contribution in [2.75, 3.05) is 18.5 Å². The molecule has 0 amide bonds. The van der Waals surface area contributed by atoms with Gasteiger partial charge in [0, 0.05) is 6.16 Å². The van der Waals surface area contributed by atoms with Gasteiger partial charge < -0.3 is 4.52 Å². The molecule has 0 heterocycles. The molecule has 0 bridgehead atoms. The minimum absolute atomic E-state index is 0.572. The maximum Gasteiger partial charge on any atom is 0.257 e. The highest BCUT2D eigenvalue weighted by molar-refractivity contribution is 8.56. The summed E-state index contributed by atoms with van der Waals surface area (Å²) in [5.74, 6) is 0.884. The van der Waals surface area contributed by atoms with Crippen LogP contribution in [-0.2, 0) is 9.09 Å². The molecule has 0 rings (SSSR count). The van der Waals surface area contributed by atoms with Gasteiger partial charge in [-0.1, -0.05) is 95.9 Å². The van der Waals surface area contributed by atoms with Crippen molar-refractivity contribution in [3.05, 3.63) is 0 Å². The zero-order chi connectivity index (χ0) is 16.5. The van der Waals surface area contributed by atoms with E-state index in [1.165, 1.54) is 82.0 Å². The molecule has 0 aromatic rings. The third kappa shape index (κ3) is 14.2. The van der Waals surface area contributed by atoms with E-state index in [4.69, 9.17) is 4.52 Å². The summed E-state index contributed by atoms with van der Waals surface area (Å²) in [7, 11) is 0. The van der Waals surface area contributed by atoms with Crippen LogP contribution in [0.4, 0.5) is 0 Å². The van der Waals surface area contributed by atoms with Gasteiger partial charge in [0.1, 0.15) is 0 Å². The fraction of sp³-hybridized carbons (Fsp3) is 1.00. The average Bonchev–Trinajstić information content (AvgIpc) is 2.49. The van der Waals surface area contributed by atoms with E-state index in [1.807, 2.05) is 6.92 Å². The van der Waals surface area contributed by atoms with E-state index in [-0.39, 0.29) is 0 Å². The van der Waals surface area contributed by atoms with Crippen LogP contribution in [0.25, 0.3) is 0 Å². The first kappa shape index (κ1) is 22.5. The molecule has 0 aromatic heterocycles. The maximum atomic E-state index is 12.4. The van der Waals surface area contributed by atoms with Crippen LogP contribution in [0, 0.1) is 0 Å². The minimum Gasteiger partial charge on any atom is -0.321 e. The molecule has 0 saturated heterocycles. The molecule has 0 aliphatic heterocycles. The lowest BCUT2D eigenvalue weighted by atomic mass is 10.1. The van der Waals surface area contributed by atoms with Crippen LogP contribution < -0.4 is 0 Å². The Labute approximate surface area is 143 Å². The van der Waals surface area contributed by atoms with Gasteiger partial charge in [0.2, 0.25) is 0 Å². The second-order valence-electron chi connectivity index (χ2n) is 6.06. The van der Waals surface area contributed by atoms with Crippen molar-refractivity contribution in [2.45, 2.75) is 97.8 Å². The molecule has 0 aliphatic carbocycles. The van der Waals surface area contributed by atoms with E-state index in [0.717, 1.165) is 18.3 Å². The molecular formula is C18H39O2PS. The summed E-state index contributed by atoms with van der Waals surface area (Å²) in [4.78, 5) is 0. The van der Waals surface area contributed by atoms with Crippen molar-refractivity contribution < 1.29 is 9.09 Å². The van der Waals surface area contributed by atoms with Gasteiger partial charge in [-0.05, 0) is 19.1 Å². The number of hydrogen-bond donors (Lipinski definition) is 0. The van der Waals surface area contributed by atoms with Crippen LogP contribution in [-0.4, -0.2) is 18.5 Å². The Morgan fingerprint density at radius 3 is 1.59 bits per heavy atom. The standard InChI is InChI=1S/C18H39O2PS/c1-4-7-8-9-10-11-12-13-14-15-16-17-18-21(19,20-5-2)22-6-3/h4-18H2,1-3H3. The summed E-state index contributed by atoms with van der Waals surface area (Å²) >= 11 is 1.52. The number of hydrogen-bond acceptors (Lipinski definition) is 3. The van der Waals surface area contributed by atoms with E-state index in [9.17, 15) is 4.57 Å². The van der Waals surface area contributed by atoms with Crippen molar-refractivity contribution in [3.63, 3.8) is 0 Å². The monoisotopic (exact) mass is 350 g/mol. The molecule has 0 aliphatic rings. The Hall–Kier alpha value is 0.540. The SMILES string of the molecule is CCCCCCCCCCCCCCP(=O)(OCC)SCC. The van der Waals surface area contributed by atoms with Crippen molar-refractivity contribution in [2.24, 2.45) is 0 Å². The number of unbranched alkanes of at least 4 members (excludes halogenated alkanes) is 11. The average molecular weight is 351 g/mol. The van der Waals surface area contributed by atoms with Gasteiger partial charge in [0.25, 0.3) is 6.57 Å². The van der Waals surface area contributed by atoms with Gasteiger partial charge in [-0.2, -0.15) is 0 Å². The van der Waals surface area contributed by atoms with Crippen LogP contribution in [0.2, 0.25) is 0 Å². The first-order valence-electron chi connectivity index (χ1n) is 9.56. The highest BCUT2D eigenvalue weighted by atomic mass is 32.7. The normalized spacial score (nSPS) is 14.1. The van der Waals surface area contributed by atoms with Gasteiger partial charge in [0.05, 0.1) is 6.61 Å². The van der Waals surface area contributed by atoms with Crippen molar-refractivity contribution in [3.8, 4) is 0 Å². The molecular weight excluding hydrogens is 311 g/mol. The highest BCUT2D eigenvalue weighted by Gasteiger charge is 2.21. The van der Waals surface area contributed by atoms with Crippen LogP contribution in [0.5, 0.6) is 0 Å². The largest absolute Gasteiger partial charge is 0.321 e.